The summed E-state index contributed by atoms with van der Waals surface area (Å²) in [4.78, 5) is 30.5. The fourth-order valence-corrected chi connectivity index (χ4v) is 3.96. The number of anilines is 2. The Bertz CT molecular complexity index is 1010. The van der Waals surface area contributed by atoms with Gasteiger partial charge >= 0.3 is 12.0 Å². The van der Waals surface area contributed by atoms with Crippen LogP contribution in [0.4, 0.5) is 16.2 Å². The molecular formula is C20H21N3O3S. The van der Waals surface area contributed by atoms with Gasteiger partial charge in [-0.2, -0.15) is 0 Å². The maximum atomic E-state index is 12.5. The van der Waals surface area contributed by atoms with Gasteiger partial charge in [0.2, 0.25) is 0 Å². The molecule has 3 rings (SSSR count). The smallest absolute Gasteiger partial charge is 0.350 e. The zero-order valence-corrected chi connectivity index (χ0v) is 16.5. The van der Waals surface area contributed by atoms with Gasteiger partial charge in [0, 0.05) is 16.8 Å². The van der Waals surface area contributed by atoms with Crippen molar-refractivity contribution in [3.63, 3.8) is 0 Å². The van der Waals surface area contributed by atoms with Crippen molar-refractivity contribution in [1.82, 2.24) is 4.98 Å². The SMILES string of the molecule is CCOC(=O)c1sc2nc(C)cc(C)c2c1NC(=O)Nc1ccc(C)cc1. The summed E-state index contributed by atoms with van der Waals surface area (Å²) in [5, 5.41) is 6.36. The maximum Gasteiger partial charge on any atom is 0.350 e. The van der Waals surface area contributed by atoms with E-state index < -0.39 is 12.0 Å². The van der Waals surface area contributed by atoms with E-state index in [4.69, 9.17) is 4.74 Å². The molecule has 7 heteroatoms. The Balaban J connectivity index is 1.97. The number of fused-ring (bicyclic) bond motifs is 1. The molecule has 0 spiro atoms. The van der Waals surface area contributed by atoms with Gasteiger partial charge in [-0.05, 0) is 51.5 Å². The number of rotatable bonds is 4. The van der Waals surface area contributed by atoms with Gasteiger partial charge in [0.1, 0.15) is 9.71 Å². The second kappa shape index (κ2) is 7.75. The minimum atomic E-state index is -0.469. The van der Waals surface area contributed by atoms with Crippen molar-refractivity contribution in [1.29, 1.82) is 0 Å². The molecule has 6 nitrogen and oxygen atoms in total. The maximum absolute atomic E-state index is 12.5. The molecule has 27 heavy (non-hydrogen) atoms. The lowest BCUT2D eigenvalue weighted by Crippen LogP contribution is -2.20. The largest absolute Gasteiger partial charge is 0.462 e. The van der Waals surface area contributed by atoms with Crippen LogP contribution >= 0.6 is 11.3 Å². The van der Waals surface area contributed by atoms with Gasteiger partial charge in [-0.15, -0.1) is 11.3 Å². The highest BCUT2D eigenvalue weighted by molar-refractivity contribution is 7.21. The Morgan fingerprint density at radius 3 is 2.48 bits per heavy atom. The van der Waals surface area contributed by atoms with Crippen LogP contribution in [0.3, 0.4) is 0 Å². The van der Waals surface area contributed by atoms with Crippen LogP contribution in [0.25, 0.3) is 10.2 Å². The zero-order chi connectivity index (χ0) is 19.6. The highest BCUT2D eigenvalue weighted by atomic mass is 32.1. The molecule has 0 saturated carbocycles. The fourth-order valence-electron chi connectivity index (χ4n) is 2.81. The van der Waals surface area contributed by atoms with Crippen molar-refractivity contribution in [2.24, 2.45) is 0 Å². The van der Waals surface area contributed by atoms with E-state index in [9.17, 15) is 9.59 Å². The number of aryl methyl sites for hydroxylation is 3. The number of nitrogens with zero attached hydrogens (tertiary/aromatic N) is 1. The molecule has 0 atom stereocenters. The Hall–Kier alpha value is -2.93. The number of carbonyl (C=O) groups excluding carboxylic acids is 2. The number of amides is 2. The Labute approximate surface area is 161 Å². The summed E-state index contributed by atoms with van der Waals surface area (Å²) >= 11 is 1.22. The van der Waals surface area contributed by atoms with Crippen LogP contribution in [-0.4, -0.2) is 23.6 Å². The van der Waals surface area contributed by atoms with Gasteiger partial charge < -0.3 is 15.4 Å². The van der Waals surface area contributed by atoms with Crippen LogP contribution in [0, 0.1) is 20.8 Å². The molecule has 1 aromatic carbocycles. The van der Waals surface area contributed by atoms with E-state index >= 15 is 0 Å². The predicted molar refractivity (Wildman–Crippen MR) is 109 cm³/mol. The molecule has 0 fully saturated rings. The zero-order valence-electron chi connectivity index (χ0n) is 15.7. The van der Waals surface area contributed by atoms with E-state index in [2.05, 4.69) is 15.6 Å². The molecule has 0 aliphatic carbocycles. The molecule has 140 valence electrons. The van der Waals surface area contributed by atoms with Crippen LogP contribution in [0.1, 0.15) is 33.4 Å². The molecular weight excluding hydrogens is 362 g/mol. The summed E-state index contributed by atoms with van der Waals surface area (Å²) in [6, 6.07) is 8.97. The third-order valence-electron chi connectivity index (χ3n) is 4.00. The van der Waals surface area contributed by atoms with Crippen molar-refractivity contribution in [2.75, 3.05) is 17.2 Å². The van der Waals surface area contributed by atoms with E-state index in [0.717, 1.165) is 22.2 Å². The van der Waals surface area contributed by atoms with Gasteiger partial charge in [-0.25, -0.2) is 14.6 Å². The second-order valence-corrected chi connectivity index (χ2v) is 7.23. The first kappa shape index (κ1) is 18.8. The topological polar surface area (TPSA) is 80.3 Å². The Morgan fingerprint density at radius 2 is 1.81 bits per heavy atom. The average molecular weight is 383 g/mol. The van der Waals surface area contributed by atoms with E-state index in [1.807, 2.05) is 51.1 Å². The number of urea groups is 1. The molecule has 0 radical (unpaired) electrons. The molecule has 0 aliphatic rings. The van der Waals surface area contributed by atoms with E-state index in [1.165, 1.54) is 11.3 Å². The van der Waals surface area contributed by atoms with Crippen LogP contribution in [-0.2, 0) is 4.74 Å². The van der Waals surface area contributed by atoms with Gasteiger partial charge in [-0.1, -0.05) is 17.7 Å². The summed E-state index contributed by atoms with van der Waals surface area (Å²) in [7, 11) is 0. The Kier molecular flexibility index (Phi) is 5.41. The Morgan fingerprint density at radius 1 is 1.11 bits per heavy atom. The summed E-state index contributed by atoms with van der Waals surface area (Å²) in [6.45, 7) is 7.81. The second-order valence-electron chi connectivity index (χ2n) is 6.23. The lowest BCUT2D eigenvalue weighted by molar-refractivity contribution is 0.0533. The molecule has 0 bridgehead atoms. The highest BCUT2D eigenvalue weighted by Gasteiger charge is 2.23. The molecule has 0 saturated heterocycles. The van der Waals surface area contributed by atoms with Crippen LogP contribution in [0.5, 0.6) is 0 Å². The van der Waals surface area contributed by atoms with E-state index in [-0.39, 0.29) is 6.61 Å². The number of hydrogen-bond acceptors (Lipinski definition) is 5. The first-order valence-corrected chi connectivity index (χ1v) is 9.43. The van der Waals surface area contributed by atoms with Gasteiger partial charge in [0.15, 0.2) is 0 Å². The first-order chi connectivity index (χ1) is 12.9. The molecule has 2 amide bonds. The molecule has 2 heterocycles. The molecule has 0 unspecified atom stereocenters. The first-order valence-electron chi connectivity index (χ1n) is 8.61. The monoisotopic (exact) mass is 383 g/mol. The summed E-state index contributed by atoms with van der Waals surface area (Å²) in [5.41, 5.74) is 4.00. The van der Waals surface area contributed by atoms with Gasteiger partial charge in [-0.3, -0.25) is 0 Å². The van der Waals surface area contributed by atoms with E-state index in [0.29, 0.717) is 21.1 Å². The normalized spacial score (nSPS) is 10.7. The number of carbonyl (C=O) groups is 2. The number of nitrogens with one attached hydrogen (secondary N) is 2. The quantitative estimate of drug-likeness (QED) is 0.618. The van der Waals surface area contributed by atoms with E-state index in [1.54, 1.807) is 6.92 Å². The van der Waals surface area contributed by atoms with Crippen LogP contribution in [0.15, 0.2) is 30.3 Å². The molecule has 0 aliphatic heterocycles. The molecule has 3 aromatic rings. The molecule has 2 N–H and O–H groups in total. The number of esters is 1. The number of ether oxygens (including phenoxy) is 1. The van der Waals surface area contributed by atoms with Crippen LogP contribution < -0.4 is 10.6 Å². The lowest BCUT2D eigenvalue weighted by Gasteiger charge is -2.10. The van der Waals surface area contributed by atoms with Crippen molar-refractivity contribution >= 4 is 44.9 Å². The number of thiophene rings is 1. The minimum absolute atomic E-state index is 0.257. The molecule has 2 aromatic heterocycles. The lowest BCUT2D eigenvalue weighted by atomic mass is 10.1. The minimum Gasteiger partial charge on any atom is -0.462 e. The fraction of sp³-hybridized carbons (Fsp3) is 0.250. The summed E-state index contributed by atoms with van der Waals surface area (Å²) in [6.07, 6.45) is 0. The summed E-state index contributed by atoms with van der Waals surface area (Å²) in [5.74, 6) is -0.469. The number of pyridine rings is 1. The highest BCUT2D eigenvalue weighted by Crippen LogP contribution is 2.37. The average Bonchev–Trinajstić information content (AvgIpc) is 2.95. The standard InChI is InChI=1S/C20H21N3O3S/c1-5-26-19(24)17-16(15-12(3)10-13(4)21-18(15)27-17)23-20(25)22-14-8-6-11(2)7-9-14/h6-10H,5H2,1-4H3,(H2,22,23,25). The number of aromatic nitrogens is 1. The summed E-state index contributed by atoms with van der Waals surface area (Å²) < 4.78 is 5.15. The number of benzene rings is 1. The van der Waals surface area contributed by atoms with Crippen molar-refractivity contribution < 1.29 is 14.3 Å². The third-order valence-corrected chi connectivity index (χ3v) is 5.06. The van der Waals surface area contributed by atoms with Gasteiger partial charge in [0.25, 0.3) is 0 Å². The number of hydrogen-bond donors (Lipinski definition) is 2. The van der Waals surface area contributed by atoms with Crippen molar-refractivity contribution in [3.8, 4) is 0 Å². The predicted octanol–water partition coefficient (Wildman–Crippen LogP) is 5.04. The van der Waals surface area contributed by atoms with Crippen molar-refractivity contribution in [2.45, 2.75) is 27.7 Å². The van der Waals surface area contributed by atoms with Crippen LogP contribution in [0.2, 0.25) is 0 Å². The third kappa shape index (κ3) is 4.09. The van der Waals surface area contributed by atoms with Crippen molar-refractivity contribution in [3.05, 3.63) is 52.0 Å². The van der Waals surface area contributed by atoms with Gasteiger partial charge in [0.05, 0.1) is 12.3 Å².